The number of nitrogens with one attached hydrogen (secondary N) is 2. The van der Waals surface area contributed by atoms with Gasteiger partial charge in [0.2, 0.25) is 11.8 Å². The maximum absolute atomic E-state index is 14.5. The van der Waals surface area contributed by atoms with Crippen molar-refractivity contribution in [3.63, 3.8) is 0 Å². The molecule has 1 aromatic rings. The molecule has 2 fully saturated rings. The second-order valence-corrected chi connectivity index (χ2v) is 6.41. The highest BCUT2D eigenvalue weighted by Gasteiger charge is 2.28. The minimum absolute atomic E-state index is 0.252. The van der Waals surface area contributed by atoms with Crippen molar-refractivity contribution < 1.29 is 23.9 Å². The van der Waals surface area contributed by atoms with E-state index in [-0.39, 0.29) is 18.2 Å². The number of carbonyl (C=O) groups is 3. The summed E-state index contributed by atoms with van der Waals surface area (Å²) < 4.78 is 14.5. The topological polar surface area (TPSA) is 98.7 Å². The van der Waals surface area contributed by atoms with E-state index in [4.69, 9.17) is 5.11 Å². The normalized spacial score (nSPS) is 21.8. The van der Waals surface area contributed by atoms with Crippen LogP contribution < -0.4 is 15.5 Å². The Labute approximate surface area is 144 Å². The lowest BCUT2D eigenvalue weighted by Crippen LogP contribution is -2.47. The highest BCUT2D eigenvalue weighted by atomic mass is 19.1. The van der Waals surface area contributed by atoms with Crippen molar-refractivity contribution in [2.45, 2.75) is 31.7 Å². The summed E-state index contributed by atoms with van der Waals surface area (Å²) in [4.78, 5) is 35.7. The van der Waals surface area contributed by atoms with Gasteiger partial charge in [0, 0.05) is 25.2 Å². The Balaban J connectivity index is 1.64. The second-order valence-electron chi connectivity index (χ2n) is 6.41. The van der Waals surface area contributed by atoms with E-state index in [0.29, 0.717) is 43.7 Å². The van der Waals surface area contributed by atoms with Crippen molar-refractivity contribution in [2.75, 3.05) is 23.3 Å². The molecule has 2 aliphatic heterocycles. The van der Waals surface area contributed by atoms with Crippen LogP contribution in [-0.4, -0.2) is 42.0 Å². The molecule has 3 N–H and O–H groups in total. The van der Waals surface area contributed by atoms with Crippen LogP contribution in [0.25, 0.3) is 0 Å². The molecule has 2 amide bonds. The number of imide groups is 1. The van der Waals surface area contributed by atoms with Gasteiger partial charge in [-0.1, -0.05) is 0 Å². The summed E-state index contributed by atoms with van der Waals surface area (Å²) in [5.74, 6) is -2.30. The van der Waals surface area contributed by atoms with Crippen LogP contribution in [0.3, 0.4) is 0 Å². The molecule has 25 heavy (non-hydrogen) atoms. The lowest BCUT2D eigenvalue weighted by molar-refractivity contribution is -0.142. The van der Waals surface area contributed by atoms with E-state index in [2.05, 4.69) is 10.6 Å². The van der Waals surface area contributed by atoms with E-state index in [1.54, 1.807) is 12.1 Å². The van der Waals surface area contributed by atoms with Gasteiger partial charge in [0.1, 0.15) is 11.9 Å². The molecule has 134 valence electrons. The van der Waals surface area contributed by atoms with Crippen LogP contribution >= 0.6 is 0 Å². The van der Waals surface area contributed by atoms with Crippen molar-refractivity contribution in [3.05, 3.63) is 24.0 Å². The van der Waals surface area contributed by atoms with Gasteiger partial charge in [-0.3, -0.25) is 19.7 Å². The van der Waals surface area contributed by atoms with Crippen molar-refractivity contribution >= 4 is 29.2 Å². The zero-order chi connectivity index (χ0) is 18.0. The van der Waals surface area contributed by atoms with Crippen molar-refractivity contribution in [1.82, 2.24) is 5.32 Å². The summed E-state index contributed by atoms with van der Waals surface area (Å²) in [5.41, 5.74) is 0.897. The molecule has 0 aromatic heterocycles. The zero-order valence-electron chi connectivity index (χ0n) is 13.6. The Morgan fingerprint density at radius 1 is 1.24 bits per heavy atom. The van der Waals surface area contributed by atoms with Crippen LogP contribution in [0.1, 0.15) is 25.7 Å². The van der Waals surface area contributed by atoms with Crippen LogP contribution in [0.4, 0.5) is 15.8 Å². The fourth-order valence-electron chi connectivity index (χ4n) is 3.25. The fraction of sp³-hybridized carbons (Fsp3) is 0.471. The van der Waals surface area contributed by atoms with E-state index in [1.807, 2.05) is 4.90 Å². The average molecular weight is 349 g/mol. The highest BCUT2D eigenvalue weighted by molar-refractivity contribution is 6.01. The molecule has 1 atom stereocenters. The number of carbonyl (C=O) groups excluding carboxylic acids is 2. The molecule has 1 unspecified atom stereocenters. The molecule has 0 spiro atoms. The van der Waals surface area contributed by atoms with Crippen LogP contribution in [0.5, 0.6) is 0 Å². The summed E-state index contributed by atoms with van der Waals surface area (Å²) >= 11 is 0. The first-order valence-corrected chi connectivity index (χ1v) is 8.31. The van der Waals surface area contributed by atoms with Gasteiger partial charge in [0.25, 0.3) is 0 Å². The number of hydrogen-bond donors (Lipinski definition) is 3. The Morgan fingerprint density at radius 3 is 2.56 bits per heavy atom. The van der Waals surface area contributed by atoms with Gasteiger partial charge in [0.15, 0.2) is 0 Å². The number of nitrogens with zero attached hydrogens (tertiary/aromatic N) is 1. The van der Waals surface area contributed by atoms with E-state index in [0.717, 1.165) is 0 Å². The molecule has 2 aliphatic rings. The number of aliphatic carboxylic acids is 1. The third-order valence-corrected chi connectivity index (χ3v) is 4.71. The third kappa shape index (κ3) is 3.89. The molecule has 2 heterocycles. The van der Waals surface area contributed by atoms with Crippen LogP contribution in [-0.2, 0) is 14.4 Å². The smallest absolute Gasteiger partial charge is 0.306 e. The SMILES string of the molecule is O=C1CCC(Nc2ccc(N3CCC(C(=O)O)CC3)c(F)c2)C(=O)N1. The predicted octanol–water partition coefficient (Wildman–Crippen LogP) is 1.34. The first-order chi connectivity index (χ1) is 11.9. The lowest BCUT2D eigenvalue weighted by Gasteiger charge is -2.32. The van der Waals surface area contributed by atoms with Crippen molar-refractivity contribution in [3.8, 4) is 0 Å². The van der Waals surface area contributed by atoms with E-state index in [9.17, 15) is 18.8 Å². The van der Waals surface area contributed by atoms with Crippen molar-refractivity contribution in [1.29, 1.82) is 0 Å². The molecule has 0 bridgehead atoms. The summed E-state index contributed by atoms with van der Waals surface area (Å²) in [6.07, 6.45) is 1.61. The lowest BCUT2D eigenvalue weighted by atomic mass is 9.96. The molecule has 7 nitrogen and oxygen atoms in total. The van der Waals surface area contributed by atoms with Gasteiger partial charge in [-0.05, 0) is 37.5 Å². The monoisotopic (exact) mass is 349 g/mol. The van der Waals surface area contributed by atoms with Gasteiger partial charge < -0.3 is 15.3 Å². The molecule has 0 saturated carbocycles. The number of anilines is 2. The Bertz CT molecular complexity index is 701. The Kier molecular flexibility index (Phi) is 4.87. The highest BCUT2D eigenvalue weighted by Crippen LogP contribution is 2.28. The number of hydrogen-bond acceptors (Lipinski definition) is 5. The second kappa shape index (κ2) is 7.08. The maximum Gasteiger partial charge on any atom is 0.306 e. The molecular formula is C17H20FN3O4. The number of carboxylic acids is 1. The first kappa shape index (κ1) is 17.2. The number of piperidine rings is 2. The number of rotatable bonds is 4. The number of carboxylic acid groups (broad SMARTS) is 1. The minimum atomic E-state index is -0.802. The molecule has 0 aliphatic carbocycles. The number of benzene rings is 1. The first-order valence-electron chi connectivity index (χ1n) is 8.31. The maximum atomic E-state index is 14.5. The van der Waals surface area contributed by atoms with Crippen LogP contribution in [0.2, 0.25) is 0 Å². The minimum Gasteiger partial charge on any atom is -0.481 e. The molecular weight excluding hydrogens is 329 g/mol. The van der Waals surface area contributed by atoms with Crippen LogP contribution in [0, 0.1) is 11.7 Å². The predicted molar refractivity (Wildman–Crippen MR) is 88.8 cm³/mol. The Morgan fingerprint density at radius 2 is 1.96 bits per heavy atom. The summed E-state index contributed by atoms with van der Waals surface area (Å²) in [6, 6.07) is 4.08. The summed E-state index contributed by atoms with van der Waals surface area (Å²) in [7, 11) is 0. The molecule has 8 heteroatoms. The molecule has 2 saturated heterocycles. The van der Waals surface area contributed by atoms with E-state index < -0.39 is 23.7 Å². The number of amides is 2. The Hall–Kier alpha value is -2.64. The molecule has 0 radical (unpaired) electrons. The van der Waals surface area contributed by atoms with Crippen molar-refractivity contribution in [2.24, 2.45) is 5.92 Å². The zero-order valence-corrected chi connectivity index (χ0v) is 13.6. The van der Waals surface area contributed by atoms with Gasteiger partial charge in [-0.2, -0.15) is 0 Å². The largest absolute Gasteiger partial charge is 0.481 e. The summed E-state index contributed by atoms with van der Waals surface area (Å²) in [5, 5.41) is 14.2. The average Bonchev–Trinajstić information content (AvgIpc) is 2.58. The van der Waals surface area contributed by atoms with Gasteiger partial charge in [-0.25, -0.2) is 4.39 Å². The van der Waals surface area contributed by atoms with E-state index in [1.165, 1.54) is 6.07 Å². The van der Waals surface area contributed by atoms with Gasteiger partial charge >= 0.3 is 5.97 Å². The van der Waals surface area contributed by atoms with Gasteiger partial charge in [0.05, 0.1) is 11.6 Å². The van der Waals surface area contributed by atoms with Crippen LogP contribution in [0.15, 0.2) is 18.2 Å². The molecule has 3 rings (SSSR count). The molecule has 1 aromatic carbocycles. The van der Waals surface area contributed by atoms with E-state index >= 15 is 0 Å². The quantitative estimate of drug-likeness (QED) is 0.710. The third-order valence-electron chi connectivity index (χ3n) is 4.71. The summed E-state index contributed by atoms with van der Waals surface area (Å²) in [6.45, 7) is 0.988. The van der Waals surface area contributed by atoms with Gasteiger partial charge in [-0.15, -0.1) is 0 Å². The number of halogens is 1. The fourth-order valence-corrected chi connectivity index (χ4v) is 3.25. The standard InChI is InChI=1S/C17H20FN3O4/c18-12-9-11(19-13-2-4-15(22)20-16(13)23)1-3-14(12)21-7-5-10(6-8-21)17(24)25/h1,3,9-10,13,19H,2,4-8H2,(H,24,25)(H,20,22,23).